The molecule has 1 aromatic carbocycles. The molecule has 2 unspecified atom stereocenters. The molecule has 0 bridgehead atoms. The Morgan fingerprint density at radius 1 is 1.10 bits per heavy atom. The lowest BCUT2D eigenvalue weighted by atomic mass is 10.0. The van der Waals surface area contributed by atoms with Crippen molar-refractivity contribution in [2.45, 2.75) is 19.4 Å². The number of nitrogens with zero attached hydrogens (tertiary/aromatic N) is 2. The second kappa shape index (κ2) is 6.70. The Labute approximate surface area is 123 Å². The van der Waals surface area contributed by atoms with Crippen LogP contribution < -0.4 is 5.32 Å². The minimum absolute atomic E-state index is 0.508. The maximum absolute atomic E-state index is 3.66. The zero-order valence-corrected chi connectivity index (χ0v) is 12.6. The first-order chi connectivity index (χ1) is 9.85. The maximum Gasteiger partial charge on any atom is 0.0449 e. The molecule has 2 fully saturated rings. The lowest BCUT2D eigenvalue weighted by Gasteiger charge is -2.35. The van der Waals surface area contributed by atoms with Crippen LogP contribution in [0.1, 0.15) is 24.9 Å². The van der Waals surface area contributed by atoms with E-state index in [2.05, 4.69) is 52.4 Å². The molecule has 2 heterocycles. The summed E-state index contributed by atoms with van der Waals surface area (Å²) in [4.78, 5) is 5.25. The van der Waals surface area contributed by atoms with Crippen molar-refractivity contribution in [2.24, 2.45) is 5.92 Å². The van der Waals surface area contributed by atoms with Crippen LogP contribution in [0.3, 0.4) is 0 Å². The van der Waals surface area contributed by atoms with E-state index in [4.69, 9.17) is 0 Å². The van der Waals surface area contributed by atoms with Crippen LogP contribution in [0.2, 0.25) is 0 Å². The summed E-state index contributed by atoms with van der Waals surface area (Å²) in [5.41, 5.74) is 1.43. The van der Waals surface area contributed by atoms with E-state index in [0.29, 0.717) is 6.04 Å². The zero-order valence-electron chi connectivity index (χ0n) is 12.6. The first-order valence-electron chi connectivity index (χ1n) is 8.08. The molecular formula is C17H27N3. The number of benzene rings is 1. The van der Waals surface area contributed by atoms with E-state index in [-0.39, 0.29) is 0 Å². The minimum atomic E-state index is 0.508. The number of piperazine rings is 1. The SMILES string of the molecule is CCN1CCC(CN2CCNC(c3ccccc3)C2)C1. The fourth-order valence-electron chi connectivity index (χ4n) is 3.60. The highest BCUT2D eigenvalue weighted by Crippen LogP contribution is 2.21. The number of likely N-dealkylation sites (tertiary alicyclic amines) is 1. The molecule has 3 heteroatoms. The second-order valence-electron chi connectivity index (χ2n) is 6.22. The third kappa shape index (κ3) is 3.40. The first-order valence-corrected chi connectivity index (χ1v) is 8.08. The van der Waals surface area contributed by atoms with E-state index in [1.165, 1.54) is 44.7 Å². The molecule has 2 saturated heterocycles. The van der Waals surface area contributed by atoms with Gasteiger partial charge in [0.1, 0.15) is 0 Å². The van der Waals surface area contributed by atoms with Crippen molar-refractivity contribution in [3.05, 3.63) is 35.9 Å². The second-order valence-corrected chi connectivity index (χ2v) is 6.22. The monoisotopic (exact) mass is 273 g/mol. The van der Waals surface area contributed by atoms with Crippen molar-refractivity contribution in [1.82, 2.24) is 15.1 Å². The van der Waals surface area contributed by atoms with Crippen LogP contribution in [-0.2, 0) is 0 Å². The van der Waals surface area contributed by atoms with Gasteiger partial charge in [-0.1, -0.05) is 37.3 Å². The summed E-state index contributed by atoms with van der Waals surface area (Å²) >= 11 is 0. The first kappa shape index (κ1) is 14.1. The molecule has 0 amide bonds. The van der Waals surface area contributed by atoms with Gasteiger partial charge in [0.05, 0.1) is 0 Å². The fourth-order valence-corrected chi connectivity index (χ4v) is 3.60. The molecule has 110 valence electrons. The summed E-state index contributed by atoms with van der Waals surface area (Å²) in [6, 6.07) is 11.4. The zero-order chi connectivity index (χ0) is 13.8. The maximum atomic E-state index is 3.66. The van der Waals surface area contributed by atoms with Gasteiger partial charge >= 0.3 is 0 Å². The molecule has 0 aliphatic carbocycles. The molecule has 20 heavy (non-hydrogen) atoms. The number of nitrogens with one attached hydrogen (secondary N) is 1. The Hall–Kier alpha value is -0.900. The van der Waals surface area contributed by atoms with Gasteiger partial charge in [0.25, 0.3) is 0 Å². The molecule has 0 aromatic heterocycles. The van der Waals surface area contributed by atoms with Crippen molar-refractivity contribution in [3.63, 3.8) is 0 Å². The van der Waals surface area contributed by atoms with Crippen LogP contribution in [0.4, 0.5) is 0 Å². The molecule has 1 N–H and O–H groups in total. The van der Waals surface area contributed by atoms with E-state index in [1.54, 1.807) is 0 Å². The predicted molar refractivity (Wildman–Crippen MR) is 83.8 cm³/mol. The number of rotatable bonds is 4. The molecule has 2 aliphatic heterocycles. The Morgan fingerprint density at radius 3 is 2.70 bits per heavy atom. The van der Waals surface area contributed by atoms with Crippen LogP contribution in [-0.4, -0.2) is 55.6 Å². The molecule has 3 rings (SSSR count). The van der Waals surface area contributed by atoms with E-state index in [9.17, 15) is 0 Å². The van der Waals surface area contributed by atoms with Crippen molar-refractivity contribution >= 4 is 0 Å². The van der Waals surface area contributed by atoms with Crippen molar-refractivity contribution in [3.8, 4) is 0 Å². The summed E-state index contributed by atoms with van der Waals surface area (Å²) in [7, 11) is 0. The van der Waals surface area contributed by atoms with Gasteiger partial charge in [-0.3, -0.25) is 4.90 Å². The van der Waals surface area contributed by atoms with Crippen molar-refractivity contribution < 1.29 is 0 Å². The van der Waals surface area contributed by atoms with Gasteiger partial charge in [0.2, 0.25) is 0 Å². The highest BCUT2D eigenvalue weighted by atomic mass is 15.2. The Bertz CT molecular complexity index is 406. The van der Waals surface area contributed by atoms with Gasteiger partial charge in [-0.15, -0.1) is 0 Å². The van der Waals surface area contributed by atoms with Crippen LogP contribution >= 0.6 is 0 Å². The highest BCUT2D eigenvalue weighted by molar-refractivity contribution is 5.19. The fraction of sp³-hybridized carbons (Fsp3) is 0.647. The average Bonchev–Trinajstić information content (AvgIpc) is 2.96. The number of hydrogen-bond donors (Lipinski definition) is 1. The van der Waals surface area contributed by atoms with E-state index < -0.39 is 0 Å². The molecule has 2 aliphatic rings. The molecule has 0 saturated carbocycles. The topological polar surface area (TPSA) is 18.5 Å². The van der Waals surface area contributed by atoms with Gasteiger partial charge in [0.15, 0.2) is 0 Å². The summed E-state index contributed by atoms with van der Waals surface area (Å²) in [6.45, 7) is 10.8. The third-order valence-electron chi connectivity index (χ3n) is 4.80. The number of hydrogen-bond acceptors (Lipinski definition) is 3. The van der Waals surface area contributed by atoms with Crippen LogP contribution in [0.15, 0.2) is 30.3 Å². The predicted octanol–water partition coefficient (Wildman–Crippen LogP) is 1.97. The molecule has 1 aromatic rings. The quantitative estimate of drug-likeness (QED) is 0.905. The van der Waals surface area contributed by atoms with Gasteiger partial charge in [0, 0.05) is 38.8 Å². The third-order valence-corrected chi connectivity index (χ3v) is 4.80. The summed E-state index contributed by atoms with van der Waals surface area (Å²) in [5, 5.41) is 3.66. The Balaban J connectivity index is 1.53. The summed E-state index contributed by atoms with van der Waals surface area (Å²) in [6.07, 6.45) is 1.38. The lowest BCUT2D eigenvalue weighted by Crippen LogP contribution is -2.47. The molecule has 0 spiro atoms. The highest BCUT2D eigenvalue weighted by Gasteiger charge is 2.26. The summed E-state index contributed by atoms with van der Waals surface area (Å²) < 4.78 is 0. The van der Waals surface area contributed by atoms with Gasteiger partial charge in [-0.05, 0) is 31.0 Å². The van der Waals surface area contributed by atoms with Crippen molar-refractivity contribution in [1.29, 1.82) is 0 Å². The Morgan fingerprint density at radius 2 is 1.95 bits per heavy atom. The van der Waals surface area contributed by atoms with E-state index >= 15 is 0 Å². The van der Waals surface area contributed by atoms with Crippen LogP contribution in [0.25, 0.3) is 0 Å². The van der Waals surface area contributed by atoms with Crippen LogP contribution in [0, 0.1) is 5.92 Å². The molecule has 2 atom stereocenters. The van der Waals surface area contributed by atoms with E-state index in [1.807, 2.05) is 0 Å². The van der Waals surface area contributed by atoms with Crippen molar-refractivity contribution in [2.75, 3.05) is 45.8 Å². The van der Waals surface area contributed by atoms with Gasteiger partial charge in [-0.25, -0.2) is 0 Å². The molecule has 3 nitrogen and oxygen atoms in total. The normalized spacial score (nSPS) is 28.9. The minimum Gasteiger partial charge on any atom is -0.308 e. The lowest BCUT2D eigenvalue weighted by molar-refractivity contribution is 0.173. The standard InChI is InChI=1S/C17H27N3/c1-2-19-10-8-15(12-19)13-20-11-9-18-17(14-20)16-6-4-3-5-7-16/h3-7,15,17-18H,2,8-14H2,1H3. The van der Waals surface area contributed by atoms with Gasteiger partial charge < -0.3 is 10.2 Å². The van der Waals surface area contributed by atoms with E-state index in [0.717, 1.165) is 19.0 Å². The van der Waals surface area contributed by atoms with Gasteiger partial charge in [-0.2, -0.15) is 0 Å². The summed E-state index contributed by atoms with van der Waals surface area (Å²) in [5.74, 6) is 0.879. The molecular weight excluding hydrogens is 246 g/mol. The largest absolute Gasteiger partial charge is 0.308 e. The average molecular weight is 273 g/mol. The molecule has 0 radical (unpaired) electrons. The Kier molecular flexibility index (Phi) is 4.71. The smallest absolute Gasteiger partial charge is 0.0449 e. The van der Waals surface area contributed by atoms with Crippen LogP contribution in [0.5, 0.6) is 0 Å².